The number of carbonyl (C=O) groups is 2. The smallest absolute Gasteiger partial charge is 0.350 e. The molecule has 0 atom stereocenters. The average molecular weight is 230 g/mol. The molecule has 0 rings (SSSR count). The first-order valence-electron chi connectivity index (χ1n) is 4.71. The van der Waals surface area contributed by atoms with Crippen LogP contribution < -0.4 is 0 Å². The molecular formula is C11H18O5. The van der Waals surface area contributed by atoms with E-state index in [0.717, 1.165) is 14.2 Å². The van der Waals surface area contributed by atoms with Crippen LogP contribution in [0.4, 0.5) is 0 Å². The van der Waals surface area contributed by atoms with Crippen LogP contribution in [0.25, 0.3) is 0 Å². The van der Waals surface area contributed by atoms with Gasteiger partial charge in [0, 0.05) is 5.41 Å². The van der Waals surface area contributed by atoms with Gasteiger partial charge in [0.25, 0.3) is 5.60 Å². The number of hydrogen-bond donors (Lipinski definition) is 1. The average Bonchev–Trinajstić information content (AvgIpc) is 2.24. The van der Waals surface area contributed by atoms with E-state index in [1.165, 1.54) is 13.8 Å². The molecule has 0 aromatic heterocycles. The van der Waals surface area contributed by atoms with Gasteiger partial charge in [-0.05, 0) is 6.92 Å². The second-order valence-electron chi connectivity index (χ2n) is 4.10. The van der Waals surface area contributed by atoms with Gasteiger partial charge in [0.15, 0.2) is 0 Å². The predicted octanol–water partition coefficient (Wildman–Crippen LogP) is 0.666. The van der Waals surface area contributed by atoms with Crippen molar-refractivity contribution in [3.8, 4) is 0 Å². The summed E-state index contributed by atoms with van der Waals surface area (Å²) in [4.78, 5) is 23.1. The zero-order valence-electron chi connectivity index (χ0n) is 10.3. The summed E-state index contributed by atoms with van der Waals surface area (Å²) >= 11 is 0. The minimum absolute atomic E-state index is 0.464. The van der Waals surface area contributed by atoms with Crippen LogP contribution in [0, 0.1) is 5.41 Å². The van der Waals surface area contributed by atoms with Crippen molar-refractivity contribution in [2.45, 2.75) is 26.4 Å². The molecule has 0 aromatic carbocycles. The summed E-state index contributed by atoms with van der Waals surface area (Å²) in [5.41, 5.74) is -3.11. The Morgan fingerprint density at radius 3 is 1.62 bits per heavy atom. The van der Waals surface area contributed by atoms with Crippen molar-refractivity contribution in [1.29, 1.82) is 0 Å². The van der Waals surface area contributed by atoms with Gasteiger partial charge < -0.3 is 14.6 Å². The Bertz CT molecular complexity index is 300. The van der Waals surface area contributed by atoms with Gasteiger partial charge in [0.2, 0.25) is 0 Å². The van der Waals surface area contributed by atoms with Gasteiger partial charge in [0.05, 0.1) is 14.2 Å². The molecule has 0 aliphatic rings. The molecule has 0 fully saturated rings. The van der Waals surface area contributed by atoms with Crippen molar-refractivity contribution in [3.63, 3.8) is 0 Å². The van der Waals surface area contributed by atoms with E-state index in [4.69, 9.17) is 0 Å². The van der Waals surface area contributed by atoms with E-state index in [2.05, 4.69) is 16.1 Å². The number of methoxy groups -OCH3 is 2. The largest absolute Gasteiger partial charge is 0.466 e. The summed E-state index contributed by atoms with van der Waals surface area (Å²) < 4.78 is 8.89. The van der Waals surface area contributed by atoms with Crippen LogP contribution >= 0.6 is 0 Å². The predicted molar refractivity (Wildman–Crippen MR) is 57.6 cm³/mol. The van der Waals surface area contributed by atoms with Crippen LogP contribution in [0.1, 0.15) is 20.8 Å². The van der Waals surface area contributed by atoms with E-state index in [0.29, 0.717) is 5.57 Å². The standard InChI is InChI=1S/C11H18O5/c1-7(2)10(3,4)11(14,8(12)15-5)9(13)16-6/h14H,1H2,2-6H3. The topological polar surface area (TPSA) is 72.8 Å². The van der Waals surface area contributed by atoms with Crippen molar-refractivity contribution >= 4 is 11.9 Å². The first kappa shape index (κ1) is 14.6. The lowest BCUT2D eigenvalue weighted by atomic mass is 9.70. The van der Waals surface area contributed by atoms with E-state index in [-0.39, 0.29) is 0 Å². The van der Waals surface area contributed by atoms with Gasteiger partial charge in [-0.25, -0.2) is 9.59 Å². The van der Waals surface area contributed by atoms with Crippen LogP contribution in [0.5, 0.6) is 0 Å². The van der Waals surface area contributed by atoms with Gasteiger partial charge in [0.1, 0.15) is 0 Å². The van der Waals surface area contributed by atoms with Gasteiger partial charge in [-0.2, -0.15) is 0 Å². The van der Waals surface area contributed by atoms with Crippen molar-refractivity contribution in [3.05, 3.63) is 12.2 Å². The molecular weight excluding hydrogens is 212 g/mol. The van der Waals surface area contributed by atoms with Gasteiger partial charge in [-0.15, -0.1) is 0 Å². The Hall–Kier alpha value is -1.36. The SMILES string of the molecule is C=C(C)C(C)(C)C(O)(C(=O)OC)C(=O)OC. The second-order valence-corrected chi connectivity index (χ2v) is 4.10. The van der Waals surface area contributed by atoms with E-state index < -0.39 is 23.0 Å². The zero-order valence-corrected chi connectivity index (χ0v) is 10.3. The maximum Gasteiger partial charge on any atom is 0.350 e. The zero-order chi connectivity index (χ0) is 13.1. The molecule has 0 aliphatic carbocycles. The summed E-state index contributed by atoms with van der Waals surface area (Å²) in [5.74, 6) is -2.13. The van der Waals surface area contributed by atoms with Crippen LogP contribution in [0.2, 0.25) is 0 Å². The second kappa shape index (κ2) is 4.65. The number of carbonyl (C=O) groups excluding carboxylic acids is 2. The molecule has 0 unspecified atom stereocenters. The Morgan fingerprint density at radius 2 is 1.44 bits per heavy atom. The molecule has 0 amide bonds. The van der Waals surface area contributed by atoms with Crippen LogP contribution in [0.3, 0.4) is 0 Å². The van der Waals surface area contributed by atoms with Crippen LogP contribution in [-0.4, -0.2) is 36.9 Å². The fourth-order valence-electron chi connectivity index (χ4n) is 1.20. The molecule has 0 aromatic rings. The molecule has 1 N–H and O–H groups in total. The fraction of sp³-hybridized carbons (Fsp3) is 0.636. The Labute approximate surface area is 95.0 Å². The third-order valence-corrected chi connectivity index (χ3v) is 2.93. The molecule has 0 radical (unpaired) electrons. The van der Waals surface area contributed by atoms with Crippen molar-refractivity contribution in [2.24, 2.45) is 5.41 Å². The Kier molecular flexibility index (Phi) is 4.26. The highest BCUT2D eigenvalue weighted by atomic mass is 16.6. The lowest BCUT2D eigenvalue weighted by Crippen LogP contribution is -2.58. The van der Waals surface area contributed by atoms with E-state index in [9.17, 15) is 14.7 Å². The van der Waals surface area contributed by atoms with Crippen molar-refractivity contribution in [1.82, 2.24) is 0 Å². The maximum atomic E-state index is 11.6. The van der Waals surface area contributed by atoms with Gasteiger partial charge >= 0.3 is 11.9 Å². The molecule has 0 bridgehead atoms. The number of rotatable bonds is 4. The van der Waals surface area contributed by atoms with Crippen molar-refractivity contribution in [2.75, 3.05) is 14.2 Å². The highest BCUT2D eigenvalue weighted by Crippen LogP contribution is 2.38. The molecule has 16 heavy (non-hydrogen) atoms. The summed E-state index contributed by atoms with van der Waals surface area (Å²) in [7, 11) is 2.18. The van der Waals surface area contributed by atoms with Gasteiger partial charge in [-0.1, -0.05) is 26.0 Å². The number of ether oxygens (including phenoxy) is 2. The lowest BCUT2D eigenvalue weighted by molar-refractivity contribution is -0.191. The minimum Gasteiger partial charge on any atom is -0.466 e. The minimum atomic E-state index is -2.39. The quantitative estimate of drug-likeness (QED) is 0.436. The number of aliphatic hydroxyl groups is 1. The van der Waals surface area contributed by atoms with E-state index in [1.807, 2.05) is 0 Å². The Morgan fingerprint density at radius 1 is 1.12 bits per heavy atom. The summed E-state index contributed by atoms with van der Waals surface area (Å²) in [5, 5.41) is 10.2. The fourth-order valence-corrected chi connectivity index (χ4v) is 1.20. The van der Waals surface area contributed by atoms with Gasteiger partial charge in [-0.3, -0.25) is 0 Å². The molecule has 0 aliphatic heterocycles. The molecule has 0 heterocycles. The van der Waals surface area contributed by atoms with Crippen molar-refractivity contribution < 1.29 is 24.2 Å². The molecule has 0 spiro atoms. The summed E-state index contributed by atoms with van der Waals surface area (Å²) in [6.45, 7) is 8.29. The highest BCUT2D eigenvalue weighted by Gasteiger charge is 2.58. The molecule has 0 saturated heterocycles. The third-order valence-electron chi connectivity index (χ3n) is 2.93. The molecule has 5 heteroatoms. The molecule has 0 saturated carbocycles. The lowest BCUT2D eigenvalue weighted by Gasteiger charge is -2.38. The summed E-state index contributed by atoms with van der Waals surface area (Å²) in [6, 6.07) is 0. The molecule has 5 nitrogen and oxygen atoms in total. The summed E-state index contributed by atoms with van der Waals surface area (Å²) in [6.07, 6.45) is 0. The monoisotopic (exact) mass is 230 g/mol. The first-order chi connectivity index (χ1) is 7.16. The number of esters is 2. The molecule has 92 valence electrons. The van der Waals surface area contributed by atoms with Crippen LogP contribution in [-0.2, 0) is 19.1 Å². The third kappa shape index (κ3) is 1.95. The number of hydrogen-bond acceptors (Lipinski definition) is 5. The van der Waals surface area contributed by atoms with E-state index >= 15 is 0 Å². The van der Waals surface area contributed by atoms with Crippen LogP contribution in [0.15, 0.2) is 12.2 Å². The highest BCUT2D eigenvalue weighted by molar-refractivity contribution is 6.04. The Balaban J connectivity index is 5.67. The normalized spacial score (nSPS) is 11.9. The van der Waals surface area contributed by atoms with E-state index in [1.54, 1.807) is 6.92 Å². The first-order valence-corrected chi connectivity index (χ1v) is 4.71. The maximum absolute atomic E-state index is 11.6.